The highest BCUT2D eigenvalue weighted by atomic mass is 16.5. The Morgan fingerprint density at radius 3 is 2.75 bits per heavy atom. The van der Waals surface area contributed by atoms with Crippen molar-refractivity contribution in [3.8, 4) is 0 Å². The van der Waals surface area contributed by atoms with Crippen LogP contribution in [0.15, 0.2) is 18.2 Å². The molecule has 20 heavy (non-hydrogen) atoms. The quantitative estimate of drug-likeness (QED) is 0.840. The number of carbonyl (C=O) groups excluding carboxylic acids is 2. The minimum Gasteiger partial charge on any atom is -0.462 e. The van der Waals surface area contributed by atoms with Gasteiger partial charge in [-0.25, -0.2) is 4.79 Å². The van der Waals surface area contributed by atoms with Gasteiger partial charge in [0.05, 0.1) is 18.3 Å². The number of rotatable bonds is 2. The number of carbonyl (C=O) groups is 2. The average molecular weight is 277 g/mol. The molecule has 0 radical (unpaired) electrons. The second kappa shape index (κ2) is 5.63. The van der Waals surface area contributed by atoms with E-state index in [1.807, 2.05) is 6.92 Å². The molecule has 1 aliphatic rings. The van der Waals surface area contributed by atoms with Gasteiger partial charge in [-0.2, -0.15) is 0 Å². The topological polar surface area (TPSA) is 66.8 Å². The molecule has 5 nitrogen and oxygen atoms in total. The van der Waals surface area contributed by atoms with Crippen LogP contribution in [0.1, 0.15) is 49.2 Å². The van der Waals surface area contributed by atoms with Crippen molar-refractivity contribution < 1.29 is 19.4 Å². The number of ether oxygens (including phenoxy) is 1. The van der Waals surface area contributed by atoms with Gasteiger partial charge in [0.1, 0.15) is 0 Å². The van der Waals surface area contributed by atoms with Gasteiger partial charge in [-0.3, -0.25) is 4.79 Å². The molecule has 2 rings (SSSR count). The first-order chi connectivity index (χ1) is 9.45. The Balaban J connectivity index is 2.44. The molecule has 2 atom stereocenters. The first-order valence-electron chi connectivity index (χ1n) is 6.74. The predicted molar refractivity (Wildman–Crippen MR) is 74.6 cm³/mol. The normalized spacial score (nSPS) is 21.3. The fraction of sp³-hybridized carbons (Fsp3) is 0.467. The van der Waals surface area contributed by atoms with E-state index in [-0.39, 0.29) is 11.9 Å². The Kier molecular flexibility index (Phi) is 4.09. The minimum absolute atomic E-state index is 0.0663. The summed E-state index contributed by atoms with van der Waals surface area (Å²) in [6.07, 6.45) is -0.219. The average Bonchev–Trinajstić information content (AvgIpc) is 2.38. The van der Waals surface area contributed by atoms with Gasteiger partial charge in [0.25, 0.3) is 0 Å². The summed E-state index contributed by atoms with van der Waals surface area (Å²) in [7, 11) is 0. The van der Waals surface area contributed by atoms with Gasteiger partial charge in [0.15, 0.2) is 0 Å². The molecule has 0 fully saturated rings. The van der Waals surface area contributed by atoms with Crippen molar-refractivity contribution in [2.75, 3.05) is 11.5 Å². The SMILES string of the molecule is CCOC(=O)c1ccc2c(c1)[C@@H](O)C[C@H](C)N2C(C)=O. The summed E-state index contributed by atoms with van der Waals surface area (Å²) in [5.74, 6) is -0.495. The van der Waals surface area contributed by atoms with Crippen LogP contribution in [0.4, 0.5) is 5.69 Å². The summed E-state index contributed by atoms with van der Waals surface area (Å²) in [5.41, 5.74) is 1.66. The number of hydrogen-bond acceptors (Lipinski definition) is 4. The highest BCUT2D eigenvalue weighted by molar-refractivity contribution is 5.95. The van der Waals surface area contributed by atoms with Gasteiger partial charge in [0.2, 0.25) is 5.91 Å². The van der Waals surface area contributed by atoms with Gasteiger partial charge < -0.3 is 14.7 Å². The lowest BCUT2D eigenvalue weighted by molar-refractivity contribution is -0.117. The molecule has 0 aromatic heterocycles. The Labute approximate surface area is 118 Å². The van der Waals surface area contributed by atoms with E-state index < -0.39 is 12.1 Å². The third-order valence-electron chi connectivity index (χ3n) is 3.50. The third-order valence-corrected chi connectivity index (χ3v) is 3.50. The second-order valence-corrected chi connectivity index (χ2v) is 4.98. The van der Waals surface area contributed by atoms with E-state index in [9.17, 15) is 14.7 Å². The second-order valence-electron chi connectivity index (χ2n) is 4.98. The lowest BCUT2D eigenvalue weighted by Crippen LogP contribution is -2.42. The smallest absolute Gasteiger partial charge is 0.338 e. The van der Waals surface area contributed by atoms with Gasteiger partial charge in [0, 0.05) is 24.2 Å². The number of aliphatic hydroxyl groups is 1. The Hall–Kier alpha value is -1.88. The van der Waals surface area contributed by atoms with Crippen LogP contribution in [0.5, 0.6) is 0 Å². The maximum absolute atomic E-state index is 11.8. The molecule has 108 valence electrons. The maximum Gasteiger partial charge on any atom is 0.338 e. The van der Waals surface area contributed by atoms with Crippen molar-refractivity contribution in [3.05, 3.63) is 29.3 Å². The molecule has 1 aromatic carbocycles. The Bertz CT molecular complexity index is 541. The Morgan fingerprint density at radius 1 is 1.45 bits per heavy atom. The van der Waals surface area contributed by atoms with Crippen LogP contribution >= 0.6 is 0 Å². The molecular weight excluding hydrogens is 258 g/mol. The fourth-order valence-corrected chi connectivity index (χ4v) is 2.66. The first kappa shape index (κ1) is 14.5. The van der Waals surface area contributed by atoms with Crippen molar-refractivity contribution in [2.45, 2.75) is 39.3 Å². The molecular formula is C15H19NO4. The minimum atomic E-state index is -0.676. The summed E-state index contributed by atoms with van der Waals surface area (Å²) in [4.78, 5) is 25.1. The summed E-state index contributed by atoms with van der Waals surface area (Å²) in [6, 6.07) is 4.86. The van der Waals surface area contributed by atoms with Crippen LogP contribution in [-0.4, -0.2) is 29.6 Å². The molecule has 0 bridgehead atoms. The van der Waals surface area contributed by atoms with E-state index >= 15 is 0 Å². The number of aliphatic hydroxyl groups excluding tert-OH is 1. The maximum atomic E-state index is 11.8. The Morgan fingerprint density at radius 2 is 2.15 bits per heavy atom. The first-order valence-corrected chi connectivity index (χ1v) is 6.74. The molecule has 1 heterocycles. The van der Waals surface area contributed by atoms with E-state index in [1.54, 1.807) is 30.0 Å². The van der Waals surface area contributed by atoms with Crippen LogP contribution in [0, 0.1) is 0 Å². The third kappa shape index (κ3) is 2.54. The van der Waals surface area contributed by atoms with Crippen molar-refractivity contribution >= 4 is 17.6 Å². The van der Waals surface area contributed by atoms with Crippen LogP contribution in [0.25, 0.3) is 0 Å². The molecule has 0 saturated heterocycles. The number of benzene rings is 1. The highest BCUT2D eigenvalue weighted by Crippen LogP contribution is 2.37. The standard InChI is InChI=1S/C15H19NO4/c1-4-20-15(19)11-5-6-13-12(8-11)14(18)7-9(2)16(13)10(3)17/h5-6,8-9,14,18H,4,7H2,1-3H3/t9-,14-/m0/s1. The van der Waals surface area contributed by atoms with E-state index in [1.165, 1.54) is 6.92 Å². The van der Waals surface area contributed by atoms with Gasteiger partial charge in [-0.05, 0) is 38.5 Å². The number of nitrogens with zero attached hydrogens (tertiary/aromatic N) is 1. The number of amides is 1. The zero-order valence-corrected chi connectivity index (χ0v) is 11.9. The van der Waals surface area contributed by atoms with Crippen molar-refractivity contribution in [2.24, 2.45) is 0 Å². The molecule has 0 aliphatic carbocycles. The fourth-order valence-electron chi connectivity index (χ4n) is 2.66. The van der Waals surface area contributed by atoms with E-state index in [4.69, 9.17) is 4.74 Å². The lowest BCUT2D eigenvalue weighted by Gasteiger charge is -2.37. The number of hydrogen-bond donors (Lipinski definition) is 1. The zero-order valence-electron chi connectivity index (χ0n) is 11.9. The van der Waals surface area contributed by atoms with Gasteiger partial charge >= 0.3 is 5.97 Å². The predicted octanol–water partition coefficient (Wildman–Crippen LogP) is 2.04. The van der Waals surface area contributed by atoms with Crippen LogP contribution in [0.3, 0.4) is 0 Å². The molecule has 0 saturated carbocycles. The van der Waals surface area contributed by atoms with Gasteiger partial charge in [-0.1, -0.05) is 0 Å². The zero-order chi connectivity index (χ0) is 14.9. The van der Waals surface area contributed by atoms with Crippen molar-refractivity contribution in [1.82, 2.24) is 0 Å². The van der Waals surface area contributed by atoms with Gasteiger partial charge in [-0.15, -0.1) is 0 Å². The molecule has 1 N–H and O–H groups in total. The number of anilines is 1. The lowest BCUT2D eigenvalue weighted by atomic mass is 9.92. The molecule has 1 amide bonds. The van der Waals surface area contributed by atoms with Crippen LogP contribution in [0.2, 0.25) is 0 Å². The number of fused-ring (bicyclic) bond motifs is 1. The van der Waals surface area contributed by atoms with Crippen molar-refractivity contribution in [1.29, 1.82) is 0 Å². The summed E-state index contributed by atoms with van der Waals surface area (Å²) >= 11 is 0. The molecule has 5 heteroatoms. The van der Waals surface area contributed by atoms with E-state index in [0.717, 1.165) is 0 Å². The monoisotopic (exact) mass is 277 g/mol. The number of esters is 1. The molecule has 0 spiro atoms. The summed E-state index contributed by atoms with van der Waals surface area (Å²) in [6.45, 7) is 5.43. The molecule has 0 unspecified atom stereocenters. The molecule has 1 aliphatic heterocycles. The largest absolute Gasteiger partial charge is 0.462 e. The van der Waals surface area contributed by atoms with Crippen molar-refractivity contribution in [3.63, 3.8) is 0 Å². The molecule has 1 aromatic rings. The van der Waals surface area contributed by atoms with Crippen LogP contribution < -0.4 is 4.90 Å². The summed E-state index contributed by atoms with van der Waals surface area (Å²) in [5, 5.41) is 10.2. The highest BCUT2D eigenvalue weighted by Gasteiger charge is 2.31. The van der Waals surface area contributed by atoms with E-state index in [2.05, 4.69) is 0 Å². The summed E-state index contributed by atoms with van der Waals surface area (Å²) < 4.78 is 4.95. The van der Waals surface area contributed by atoms with Crippen LogP contribution in [-0.2, 0) is 9.53 Å². The van der Waals surface area contributed by atoms with E-state index in [0.29, 0.717) is 29.8 Å².